The summed E-state index contributed by atoms with van der Waals surface area (Å²) >= 11 is 6.55. The molecule has 0 amide bonds. The highest BCUT2D eigenvalue weighted by Gasteiger charge is 2.30. The Hall–Kier alpha value is -1.32. The molecule has 1 aromatic heterocycles. The van der Waals surface area contributed by atoms with Crippen LogP contribution in [0.5, 0.6) is 0 Å². The molecule has 2 fully saturated rings. The van der Waals surface area contributed by atoms with Crippen LogP contribution in [0.2, 0.25) is 0 Å². The van der Waals surface area contributed by atoms with Crippen LogP contribution in [0, 0.1) is 10.1 Å². The molecule has 108 valence electrons. The van der Waals surface area contributed by atoms with Gasteiger partial charge < -0.3 is 4.90 Å². The Morgan fingerprint density at radius 1 is 1.35 bits per heavy atom. The van der Waals surface area contributed by atoms with Crippen molar-refractivity contribution in [3.05, 3.63) is 16.3 Å². The van der Waals surface area contributed by atoms with Crippen LogP contribution >= 0.6 is 23.6 Å². The third-order valence-electron chi connectivity index (χ3n) is 3.56. The molecule has 1 aromatic rings. The first-order chi connectivity index (χ1) is 9.65. The average molecular weight is 313 g/mol. The molecule has 0 saturated carbocycles. The summed E-state index contributed by atoms with van der Waals surface area (Å²) in [5.41, 5.74) is 0. The average Bonchev–Trinajstić information content (AvgIpc) is 3.12. The zero-order valence-electron chi connectivity index (χ0n) is 10.9. The zero-order valence-corrected chi connectivity index (χ0v) is 12.5. The minimum absolute atomic E-state index is 0.0563. The predicted octanol–water partition coefficient (Wildman–Crippen LogP) is 1.51. The van der Waals surface area contributed by atoms with Crippen LogP contribution in [-0.4, -0.2) is 57.7 Å². The first-order valence-corrected chi connectivity index (χ1v) is 7.76. The van der Waals surface area contributed by atoms with Crippen LogP contribution in [0.25, 0.3) is 0 Å². The normalized spacial score (nSPS) is 20.1. The predicted molar refractivity (Wildman–Crippen MR) is 81.1 cm³/mol. The second kappa shape index (κ2) is 5.58. The van der Waals surface area contributed by atoms with Crippen LogP contribution in [-0.2, 0) is 0 Å². The Bertz CT molecular complexity index is 529. The number of nitro groups is 1. The van der Waals surface area contributed by atoms with Gasteiger partial charge >= 0.3 is 5.00 Å². The van der Waals surface area contributed by atoms with E-state index in [1.54, 1.807) is 0 Å². The molecule has 0 N–H and O–H groups in total. The second-order valence-corrected chi connectivity index (χ2v) is 6.26. The molecular formula is C11H15N5O2S2. The van der Waals surface area contributed by atoms with Gasteiger partial charge in [-0.2, -0.15) is 0 Å². The van der Waals surface area contributed by atoms with Gasteiger partial charge in [0.1, 0.15) is 6.20 Å². The number of nitrogens with zero attached hydrogens (tertiary/aromatic N) is 5. The minimum Gasteiger partial charge on any atom is -0.334 e. The Morgan fingerprint density at radius 3 is 2.75 bits per heavy atom. The Labute approximate surface area is 125 Å². The van der Waals surface area contributed by atoms with Crippen molar-refractivity contribution in [1.29, 1.82) is 0 Å². The number of thiazole rings is 1. The Balaban J connectivity index is 1.66. The summed E-state index contributed by atoms with van der Waals surface area (Å²) in [6.07, 6.45) is 3.80. The zero-order chi connectivity index (χ0) is 14.1. The van der Waals surface area contributed by atoms with Crippen LogP contribution in [0.15, 0.2) is 6.20 Å². The van der Waals surface area contributed by atoms with E-state index in [0.717, 1.165) is 49.3 Å². The summed E-state index contributed by atoms with van der Waals surface area (Å²) in [5, 5.41) is 12.1. The van der Waals surface area contributed by atoms with E-state index in [0.29, 0.717) is 5.13 Å². The van der Waals surface area contributed by atoms with Gasteiger partial charge in [0.25, 0.3) is 0 Å². The molecule has 3 rings (SSSR count). The first-order valence-electron chi connectivity index (χ1n) is 6.54. The Kier molecular flexibility index (Phi) is 3.81. The fraction of sp³-hybridized carbons (Fsp3) is 0.636. The fourth-order valence-electron chi connectivity index (χ4n) is 2.52. The molecule has 0 radical (unpaired) electrons. The highest BCUT2D eigenvalue weighted by atomic mass is 32.1. The molecule has 0 spiro atoms. The van der Waals surface area contributed by atoms with Crippen LogP contribution in [0.1, 0.15) is 12.8 Å². The lowest BCUT2D eigenvalue weighted by atomic mass is 10.4. The summed E-state index contributed by atoms with van der Waals surface area (Å²) < 4.78 is 0. The lowest BCUT2D eigenvalue weighted by molar-refractivity contribution is -0.380. The molecule has 0 atom stereocenters. The third kappa shape index (κ3) is 2.60. The molecule has 2 saturated heterocycles. The highest BCUT2D eigenvalue weighted by molar-refractivity contribution is 7.80. The lowest BCUT2D eigenvalue weighted by Gasteiger charge is -2.25. The van der Waals surface area contributed by atoms with Gasteiger partial charge in [0, 0.05) is 13.1 Å². The van der Waals surface area contributed by atoms with E-state index in [2.05, 4.69) is 14.8 Å². The minimum atomic E-state index is -0.414. The molecule has 0 aliphatic carbocycles. The summed E-state index contributed by atoms with van der Waals surface area (Å²) in [4.78, 5) is 20.8. The SMILES string of the molecule is O=[N+]([O-])c1cnc(N2CCN(CN3CCCC3)C2=S)s1. The van der Waals surface area contributed by atoms with Gasteiger partial charge in [0.05, 0.1) is 11.6 Å². The van der Waals surface area contributed by atoms with Gasteiger partial charge in [-0.1, -0.05) is 0 Å². The lowest BCUT2D eigenvalue weighted by Crippen LogP contribution is -2.39. The molecule has 9 heteroatoms. The van der Waals surface area contributed by atoms with Crippen molar-refractivity contribution < 1.29 is 4.92 Å². The van der Waals surface area contributed by atoms with Gasteiger partial charge in [-0.15, -0.1) is 0 Å². The number of hydrogen-bond acceptors (Lipinski definition) is 6. The van der Waals surface area contributed by atoms with Crippen molar-refractivity contribution in [2.24, 2.45) is 0 Å². The highest BCUT2D eigenvalue weighted by Crippen LogP contribution is 2.30. The standard InChI is InChI=1S/C11H15N5O2S2/c17-16(18)9-7-12-10(20-9)15-6-5-14(11(15)19)8-13-3-1-2-4-13/h7H,1-6,8H2. The number of rotatable bonds is 4. The van der Waals surface area contributed by atoms with Crippen LogP contribution in [0.3, 0.4) is 0 Å². The van der Waals surface area contributed by atoms with Crippen LogP contribution < -0.4 is 4.90 Å². The summed E-state index contributed by atoms with van der Waals surface area (Å²) in [7, 11) is 0. The van der Waals surface area contributed by atoms with Crippen molar-refractivity contribution in [2.45, 2.75) is 12.8 Å². The molecule has 2 aliphatic heterocycles. The van der Waals surface area contributed by atoms with E-state index >= 15 is 0 Å². The molecule has 0 aromatic carbocycles. The van der Waals surface area contributed by atoms with Gasteiger partial charge in [-0.3, -0.25) is 19.9 Å². The molecule has 3 heterocycles. The van der Waals surface area contributed by atoms with E-state index in [4.69, 9.17) is 12.2 Å². The van der Waals surface area contributed by atoms with Gasteiger partial charge in [-0.25, -0.2) is 4.98 Å². The molecule has 0 bridgehead atoms. The maximum Gasteiger partial charge on any atom is 0.345 e. The third-order valence-corrected chi connectivity index (χ3v) is 5.01. The quantitative estimate of drug-likeness (QED) is 0.474. The second-order valence-electron chi connectivity index (χ2n) is 4.90. The van der Waals surface area contributed by atoms with Gasteiger partial charge in [-0.05, 0) is 49.5 Å². The van der Waals surface area contributed by atoms with E-state index < -0.39 is 4.92 Å². The van der Waals surface area contributed by atoms with E-state index in [1.165, 1.54) is 19.0 Å². The molecule has 2 aliphatic rings. The largest absolute Gasteiger partial charge is 0.345 e. The molecule has 7 nitrogen and oxygen atoms in total. The number of hydrogen-bond donors (Lipinski definition) is 0. The smallest absolute Gasteiger partial charge is 0.334 e. The topological polar surface area (TPSA) is 65.8 Å². The first kappa shape index (κ1) is 13.7. The van der Waals surface area contributed by atoms with Gasteiger partial charge in [0.2, 0.25) is 0 Å². The van der Waals surface area contributed by atoms with E-state index in [9.17, 15) is 10.1 Å². The maximum absolute atomic E-state index is 10.7. The number of aromatic nitrogens is 1. The fourth-order valence-corrected chi connectivity index (χ4v) is 3.67. The van der Waals surface area contributed by atoms with Crippen molar-refractivity contribution in [3.8, 4) is 0 Å². The number of likely N-dealkylation sites (tertiary alicyclic amines) is 1. The molecular weight excluding hydrogens is 298 g/mol. The number of anilines is 1. The summed E-state index contributed by atoms with van der Waals surface area (Å²) in [6, 6.07) is 0. The summed E-state index contributed by atoms with van der Waals surface area (Å²) in [5.74, 6) is 0. The molecule has 0 unspecified atom stereocenters. The monoisotopic (exact) mass is 313 g/mol. The van der Waals surface area contributed by atoms with Crippen molar-refractivity contribution in [3.63, 3.8) is 0 Å². The van der Waals surface area contributed by atoms with E-state index in [1.807, 2.05) is 4.90 Å². The Morgan fingerprint density at radius 2 is 2.10 bits per heavy atom. The summed E-state index contributed by atoms with van der Waals surface area (Å²) in [6.45, 7) is 4.70. The van der Waals surface area contributed by atoms with Crippen LogP contribution in [0.4, 0.5) is 10.1 Å². The van der Waals surface area contributed by atoms with Crippen molar-refractivity contribution in [2.75, 3.05) is 37.7 Å². The van der Waals surface area contributed by atoms with Crippen molar-refractivity contribution in [1.82, 2.24) is 14.8 Å². The molecule has 20 heavy (non-hydrogen) atoms. The van der Waals surface area contributed by atoms with Gasteiger partial charge in [0.15, 0.2) is 10.2 Å². The van der Waals surface area contributed by atoms with E-state index in [-0.39, 0.29) is 5.00 Å². The number of thiocarbonyl (C=S) groups is 1. The maximum atomic E-state index is 10.7. The van der Waals surface area contributed by atoms with Crippen molar-refractivity contribution >= 4 is 38.8 Å².